The molecule has 0 N–H and O–H groups in total. The summed E-state index contributed by atoms with van der Waals surface area (Å²) in [4.78, 5) is 19.8. The summed E-state index contributed by atoms with van der Waals surface area (Å²) < 4.78 is 8.78. The van der Waals surface area contributed by atoms with E-state index < -0.39 is 0 Å². The minimum absolute atomic E-state index is 0.511. The fourth-order valence-electron chi connectivity index (χ4n) is 5.77. The Bertz CT molecular complexity index is 2480. The summed E-state index contributed by atoms with van der Waals surface area (Å²) in [6.45, 7) is 0. The molecule has 5 nitrogen and oxygen atoms in total. The van der Waals surface area contributed by atoms with E-state index in [0.717, 1.165) is 43.8 Å². The standard InChI is InChI=1S/C36H20N4OS/c1-2-8-21(9-3-1)34-38-35(24-14-15-26-25-12-6-7-13-30(25)42-31(26)20-24)40-36(39-34)33-32-27-18-22-10-4-5-11-23(22)19-29(27)41-28(32)16-17-37-33/h1-20H. The Morgan fingerprint density at radius 3 is 2.10 bits per heavy atom. The van der Waals surface area contributed by atoms with Crippen LogP contribution < -0.4 is 0 Å². The van der Waals surface area contributed by atoms with Crippen molar-refractivity contribution in [1.29, 1.82) is 0 Å². The van der Waals surface area contributed by atoms with Crippen molar-refractivity contribution in [1.82, 2.24) is 19.9 Å². The molecule has 0 aliphatic rings. The molecule has 0 saturated heterocycles. The number of fused-ring (bicyclic) bond motifs is 7. The third-order valence-corrected chi connectivity index (χ3v) is 8.90. The summed E-state index contributed by atoms with van der Waals surface area (Å²) in [6.07, 6.45) is 1.76. The lowest BCUT2D eigenvalue weighted by atomic mass is 10.1. The van der Waals surface area contributed by atoms with Crippen LogP contribution in [0.4, 0.5) is 0 Å². The molecule has 9 aromatic rings. The smallest absolute Gasteiger partial charge is 0.183 e. The molecule has 0 bridgehead atoms. The van der Waals surface area contributed by atoms with Gasteiger partial charge in [0.1, 0.15) is 16.9 Å². The Kier molecular flexibility index (Phi) is 5.00. The van der Waals surface area contributed by atoms with Crippen LogP contribution in [0.3, 0.4) is 0 Å². The van der Waals surface area contributed by atoms with E-state index in [4.69, 9.17) is 24.4 Å². The van der Waals surface area contributed by atoms with E-state index >= 15 is 0 Å². The molecule has 0 atom stereocenters. The number of pyridine rings is 1. The van der Waals surface area contributed by atoms with Gasteiger partial charge in [-0.3, -0.25) is 4.98 Å². The predicted molar refractivity (Wildman–Crippen MR) is 172 cm³/mol. The molecule has 0 unspecified atom stereocenters. The van der Waals surface area contributed by atoms with E-state index in [-0.39, 0.29) is 0 Å². The molecule has 42 heavy (non-hydrogen) atoms. The van der Waals surface area contributed by atoms with Crippen molar-refractivity contribution in [3.8, 4) is 34.3 Å². The first-order valence-electron chi connectivity index (χ1n) is 13.7. The highest BCUT2D eigenvalue weighted by Crippen LogP contribution is 2.38. The second kappa shape index (κ2) is 9.03. The molecule has 5 aromatic carbocycles. The molecular weight excluding hydrogens is 536 g/mol. The lowest BCUT2D eigenvalue weighted by Crippen LogP contribution is -2.01. The van der Waals surface area contributed by atoms with Crippen LogP contribution >= 0.6 is 11.3 Å². The van der Waals surface area contributed by atoms with E-state index in [0.29, 0.717) is 23.2 Å². The van der Waals surface area contributed by atoms with Crippen molar-refractivity contribution in [2.75, 3.05) is 0 Å². The summed E-state index contributed by atoms with van der Waals surface area (Å²) in [5.41, 5.74) is 4.09. The molecular formula is C36H20N4OS. The molecule has 0 amide bonds. The van der Waals surface area contributed by atoms with Gasteiger partial charge in [-0.2, -0.15) is 0 Å². The van der Waals surface area contributed by atoms with Crippen molar-refractivity contribution in [3.05, 3.63) is 121 Å². The van der Waals surface area contributed by atoms with Crippen molar-refractivity contribution in [3.63, 3.8) is 0 Å². The second-order valence-corrected chi connectivity index (χ2v) is 11.4. The molecule has 0 saturated carbocycles. The Balaban J connectivity index is 1.30. The van der Waals surface area contributed by atoms with E-state index in [1.165, 1.54) is 20.2 Å². The lowest BCUT2D eigenvalue weighted by molar-refractivity contribution is 0.669. The van der Waals surface area contributed by atoms with Crippen molar-refractivity contribution < 1.29 is 4.42 Å². The molecule has 0 fully saturated rings. The number of thiophene rings is 1. The molecule has 0 spiro atoms. The molecule has 0 aliphatic heterocycles. The van der Waals surface area contributed by atoms with E-state index in [1.807, 2.05) is 48.5 Å². The number of benzene rings is 5. The number of rotatable bonds is 3. The van der Waals surface area contributed by atoms with Gasteiger partial charge in [-0.15, -0.1) is 11.3 Å². The highest BCUT2D eigenvalue weighted by Gasteiger charge is 2.20. The third-order valence-electron chi connectivity index (χ3n) is 7.77. The number of hydrogen-bond donors (Lipinski definition) is 0. The molecule has 4 heterocycles. The molecule has 4 aromatic heterocycles. The number of nitrogens with zero attached hydrogens (tertiary/aromatic N) is 4. The molecule has 196 valence electrons. The van der Waals surface area contributed by atoms with Crippen LogP contribution in [0, 0.1) is 0 Å². The Morgan fingerprint density at radius 2 is 1.21 bits per heavy atom. The quantitative estimate of drug-likeness (QED) is 0.217. The summed E-state index contributed by atoms with van der Waals surface area (Å²) in [5.74, 6) is 1.72. The van der Waals surface area contributed by atoms with E-state index in [2.05, 4.69) is 66.7 Å². The summed E-state index contributed by atoms with van der Waals surface area (Å²) in [6, 6.07) is 39.4. The predicted octanol–water partition coefficient (Wildman–Crippen LogP) is 9.69. The molecule has 0 radical (unpaired) electrons. The third kappa shape index (κ3) is 3.62. The monoisotopic (exact) mass is 556 g/mol. The van der Waals surface area contributed by atoms with Crippen LogP contribution in [0.1, 0.15) is 0 Å². The van der Waals surface area contributed by atoms with Gasteiger partial charge < -0.3 is 4.42 Å². The number of hydrogen-bond acceptors (Lipinski definition) is 6. The zero-order valence-electron chi connectivity index (χ0n) is 22.2. The van der Waals surface area contributed by atoms with Crippen LogP contribution in [0.25, 0.3) is 87.2 Å². The minimum atomic E-state index is 0.511. The fourth-order valence-corrected chi connectivity index (χ4v) is 6.91. The van der Waals surface area contributed by atoms with Gasteiger partial charge in [-0.1, -0.05) is 84.9 Å². The van der Waals surface area contributed by atoms with Gasteiger partial charge >= 0.3 is 0 Å². The first-order chi connectivity index (χ1) is 20.8. The maximum Gasteiger partial charge on any atom is 0.183 e. The Morgan fingerprint density at radius 1 is 0.500 bits per heavy atom. The second-order valence-electron chi connectivity index (χ2n) is 10.3. The van der Waals surface area contributed by atoms with Gasteiger partial charge in [0.05, 0.1) is 5.39 Å². The Labute approximate surface area is 243 Å². The normalized spacial score (nSPS) is 11.8. The van der Waals surface area contributed by atoms with Gasteiger partial charge in [-0.25, -0.2) is 15.0 Å². The Hall–Kier alpha value is -5.46. The average molecular weight is 557 g/mol. The van der Waals surface area contributed by atoms with Gasteiger partial charge in [0.25, 0.3) is 0 Å². The molecule has 6 heteroatoms. The van der Waals surface area contributed by atoms with Crippen LogP contribution in [0.15, 0.2) is 126 Å². The van der Waals surface area contributed by atoms with Gasteiger partial charge in [0.15, 0.2) is 17.5 Å². The largest absolute Gasteiger partial charge is 0.456 e. The fraction of sp³-hybridized carbons (Fsp3) is 0. The first-order valence-corrected chi connectivity index (χ1v) is 14.5. The van der Waals surface area contributed by atoms with Gasteiger partial charge in [-0.05, 0) is 41.1 Å². The van der Waals surface area contributed by atoms with Crippen LogP contribution in [-0.4, -0.2) is 19.9 Å². The lowest BCUT2D eigenvalue weighted by Gasteiger charge is -2.09. The highest BCUT2D eigenvalue weighted by atomic mass is 32.1. The maximum atomic E-state index is 6.32. The zero-order chi connectivity index (χ0) is 27.6. The number of aromatic nitrogens is 4. The van der Waals surface area contributed by atoms with Crippen molar-refractivity contribution >= 4 is 64.2 Å². The van der Waals surface area contributed by atoms with Crippen LogP contribution in [-0.2, 0) is 0 Å². The minimum Gasteiger partial charge on any atom is -0.456 e. The molecule has 9 rings (SSSR count). The van der Waals surface area contributed by atoms with E-state index in [1.54, 1.807) is 17.5 Å². The average Bonchev–Trinajstić information content (AvgIpc) is 3.61. The summed E-state index contributed by atoms with van der Waals surface area (Å²) >= 11 is 1.78. The maximum absolute atomic E-state index is 6.32. The molecule has 0 aliphatic carbocycles. The van der Waals surface area contributed by atoms with E-state index in [9.17, 15) is 0 Å². The first kappa shape index (κ1) is 23.3. The summed E-state index contributed by atoms with van der Waals surface area (Å²) in [5, 5.41) is 6.65. The van der Waals surface area contributed by atoms with Crippen molar-refractivity contribution in [2.45, 2.75) is 0 Å². The summed E-state index contributed by atoms with van der Waals surface area (Å²) in [7, 11) is 0. The van der Waals surface area contributed by atoms with Crippen molar-refractivity contribution in [2.24, 2.45) is 0 Å². The van der Waals surface area contributed by atoms with Gasteiger partial charge in [0.2, 0.25) is 0 Å². The van der Waals surface area contributed by atoms with Crippen LogP contribution in [0.5, 0.6) is 0 Å². The zero-order valence-corrected chi connectivity index (χ0v) is 23.0. The van der Waals surface area contributed by atoms with Gasteiger partial charge in [0, 0.05) is 42.9 Å². The van der Waals surface area contributed by atoms with Crippen LogP contribution in [0.2, 0.25) is 0 Å². The number of furan rings is 1. The SMILES string of the molecule is c1ccc(-c2nc(-c3ccc4c(c3)sc3ccccc34)nc(-c3nccc4oc5cc6ccccc6cc5c34)n2)cc1. The topological polar surface area (TPSA) is 64.7 Å². The highest BCUT2D eigenvalue weighted by molar-refractivity contribution is 7.25.